The van der Waals surface area contributed by atoms with E-state index in [1.807, 2.05) is 31.2 Å². The lowest BCUT2D eigenvalue weighted by molar-refractivity contribution is -0.146. The molecule has 0 radical (unpaired) electrons. The molecule has 3 unspecified atom stereocenters. The summed E-state index contributed by atoms with van der Waals surface area (Å²) < 4.78 is 53.3. The molecule has 9 heteroatoms. The summed E-state index contributed by atoms with van der Waals surface area (Å²) in [6.07, 6.45) is -4.42. The highest BCUT2D eigenvalue weighted by Crippen LogP contribution is 2.39. The molecule has 1 N–H and O–H groups in total. The largest absolute Gasteiger partial charge is 0.491 e. The van der Waals surface area contributed by atoms with Gasteiger partial charge >= 0.3 is 6.18 Å². The third-order valence-electron chi connectivity index (χ3n) is 6.27. The van der Waals surface area contributed by atoms with Crippen molar-refractivity contribution in [3.05, 3.63) is 53.9 Å². The van der Waals surface area contributed by atoms with Crippen molar-refractivity contribution in [2.75, 3.05) is 31.6 Å². The van der Waals surface area contributed by atoms with Crippen LogP contribution in [0.15, 0.2) is 42.5 Å². The fraction of sp³-hybridized carbons (Fsp3) is 0.435. The van der Waals surface area contributed by atoms with Gasteiger partial charge in [-0.25, -0.2) is 4.98 Å². The minimum absolute atomic E-state index is 0.00250. The number of hydrogen-bond donors (Lipinski definition) is 1. The standard InChI is InChI=1S/C23H25F3N4O2/c1-14-12-30(10-11-31-14)18-13-32-19-9-4-3-6-15(19)20(18)27-16-7-5-8-17-21(16)28-22(29(17)2)23(24,25)26/h3-9,14,18,20,27H,10-13H2,1-2H3. The molecule has 2 aliphatic heterocycles. The molecule has 0 saturated carbocycles. The van der Waals surface area contributed by atoms with Crippen molar-refractivity contribution in [1.29, 1.82) is 0 Å². The quantitative estimate of drug-likeness (QED) is 0.653. The number of morpholine rings is 1. The highest BCUT2D eigenvalue weighted by molar-refractivity contribution is 5.89. The van der Waals surface area contributed by atoms with Gasteiger partial charge < -0.3 is 19.4 Å². The van der Waals surface area contributed by atoms with Gasteiger partial charge in [-0.3, -0.25) is 4.90 Å². The van der Waals surface area contributed by atoms with E-state index in [-0.39, 0.29) is 18.2 Å². The highest BCUT2D eigenvalue weighted by Gasteiger charge is 2.39. The molecule has 1 fully saturated rings. The average molecular weight is 446 g/mol. The van der Waals surface area contributed by atoms with Gasteiger partial charge in [-0.05, 0) is 25.1 Å². The summed E-state index contributed by atoms with van der Waals surface area (Å²) in [5.74, 6) is -0.126. The fourth-order valence-corrected chi connectivity index (χ4v) is 4.74. The summed E-state index contributed by atoms with van der Waals surface area (Å²) >= 11 is 0. The van der Waals surface area contributed by atoms with E-state index in [1.165, 1.54) is 7.05 Å². The third kappa shape index (κ3) is 3.69. The molecule has 1 saturated heterocycles. The van der Waals surface area contributed by atoms with Crippen LogP contribution in [0.2, 0.25) is 0 Å². The lowest BCUT2D eigenvalue weighted by Crippen LogP contribution is -2.54. The van der Waals surface area contributed by atoms with E-state index in [1.54, 1.807) is 18.2 Å². The maximum Gasteiger partial charge on any atom is 0.449 e. The van der Waals surface area contributed by atoms with E-state index >= 15 is 0 Å². The number of aryl methyl sites for hydroxylation is 1. The van der Waals surface area contributed by atoms with Crippen molar-refractivity contribution >= 4 is 16.7 Å². The van der Waals surface area contributed by atoms with Crippen molar-refractivity contribution in [2.45, 2.75) is 31.3 Å². The Morgan fingerprint density at radius 2 is 1.94 bits per heavy atom. The Morgan fingerprint density at radius 3 is 2.72 bits per heavy atom. The van der Waals surface area contributed by atoms with E-state index in [9.17, 15) is 13.2 Å². The van der Waals surface area contributed by atoms with Gasteiger partial charge in [0.05, 0.1) is 36.0 Å². The first kappa shape index (κ1) is 21.1. The molecule has 3 aromatic rings. The predicted molar refractivity (Wildman–Crippen MR) is 115 cm³/mol. The van der Waals surface area contributed by atoms with Crippen LogP contribution in [0.5, 0.6) is 5.75 Å². The summed E-state index contributed by atoms with van der Waals surface area (Å²) in [6, 6.07) is 12.8. The number of benzene rings is 2. The van der Waals surface area contributed by atoms with Gasteiger partial charge in [0.2, 0.25) is 5.82 Å². The summed E-state index contributed by atoms with van der Waals surface area (Å²) in [6.45, 7) is 4.69. The van der Waals surface area contributed by atoms with Gasteiger partial charge in [0.1, 0.15) is 17.9 Å². The zero-order valence-corrected chi connectivity index (χ0v) is 17.9. The number of aromatic nitrogens is 2. The smallest absolute Gasteiger partial charge is 0.449 e. The van der Waals surface area contributed by atoms with E-state index in [2.05, 4.69) is 15.2 Å². The second-order valence-corrected chi connectivity index (χ2v) is 8.38. The predicted octanol–water partition coefficient (Wildman–Crippen LogP) is 4.23. The molecular formula is C23H25F3N4O2. The Balaban J connectivity index is 1.56. The number of fused-ring (bicyclic) bond motifs is 2. The number of rotatable bonds is 3. The normalized spacial score (nSPS) is 24.2. The number of nitrogens with one attached hydrogen (secondary N) is 1. The summed E-state index contributed by atoms with van der Waals surface area (Å²) in [5, 5.41) is 3.53. The molecule has 5 rings (SSSR count). The topological polar surface area (TPSA) is 51.5 Å². The van der Waals surface area contributed by atoms with Gasteiger partial charge in [-0.1, -0.05) is 24.3 Å². The first-order valence-electron chi connectivity index (χ1n) is 10.7. The lowest BCUT2D eigenvalue weighted by atomic mass is 9.94. The Morgan fingerprint density at radius 1 is 1.12 bits per heavy atom. The lowest BCUT2D eigenvalue weighted by Gasteiger charge is -2.44. The summed E-state index contributed by atoms with van der Waals surface area (Å²) in [5.41, 5.74) is 2.29. The maximum absolute atomic E-state index is 13.5. The molecule has 32 heavy (non-hydrogen) atoms. The van der Waals surface area contributed by atoms with E-state index in [4.69, 9.17) is 9.47 Å². The number of halogens is 3. The van der Waals surface area contributed by atoms with Crippen molar-refractivity contribution in [3.8, 4) is 5.75 Å². The minimum Gasteiger partial charge on any atom is -0.491 e. The van der Waals surface area contributed by atoms with Crippen LogP contribution < -0.4 is 10.1 Å². The SMILES string of the molecule is CC1CN(C2COc3ccccc3C2Nc2cccc3c2nc(C(F)(F)F)n3C)CCO1. The highest BCUT2D eigenvalue weighted by atomic mass is 19.4. The zero-order valence-electron chi connectivity index (χ0n) is 17.9. The number of para-hydroxylation sites is 2. The molecule has 6 nitrogen and oxygen atoms in total. The zero-order chi connectivity index (χ0) is 22.5. The summed E-state index contributed by atoms with van der Waals surface area (Å²) in [7, 11) is 1.39. The number of anilines is 1. The molecule has 0 aliphatic carbocycles. The van der Waals surface area contributed by atoms with Crippen LogP contribution in [0.25, 0.3) is 11.0 Å². The van der Waals surface area contributed by atoms with E-state index in [0.29, 0.717) is 29.9 Å². The molecule has 3 heterocycles. The first-order chi connectivity index (χ1) is 15.3. The monoisotopic (exact) mass is 446 g/mol. The van der Waals surface area contributed by atoms with Crippen LogP contribution >= 0.6 is 0 Å². The van der Waals surface area contributed by atoms with Crippen LogP contribution in [0.3, 0.4) is 0 Å². The molecule has 2 aromatic carbocycles. The van der Waals surface area contributed by atoms with Crippen LogP contribution in [0.4, 0.5) is 18.9 Å². The van der Waals surface area contributed by atoms with Gasteiger partial charge in [-0.15, -0.1) is 0 Å². The average Bonchev–Trinajstić information content (AvgIpc) is 3.12. The number of imidazole rings is 1. The molecule has 2 aliphatic rings. The molecule has 0 amide bonds. The molecule has 0 spiro atoms. The second kappa shape index (κ2) is 7.97. The molecule has 3 atom stereocenters. The number of alkyl halides is 3. The molecule has 1 aromatic heterocycles. The van der Waals surface area contributed by atoms with E-state index in [0.717, 1.165) is 29.0 Å². The first-order valence-corrected chi connectivity index (χ1v) is 10.7. The van der Waals surface area contributed by atoms with Crippen molar-refractivity contribution < 1.29 is 22.6 Å². The summed E-state index contributed by atoms with van der Waals surface area (Å²) in [4.78, 5) is 6.30. The van der Waals surface area contributed by atoms with Crippen LogP contribution in [0, 0.1) is 0 Å². The molecule has 0 bridgehead atoms. The number of nitrogens with zero attached hydrogens (tertiary/aromatic N) is 3. The van der Waals surface area contributed by atoms with Gasteiger partial charge in [-0.2, -0.15) is 13.2 Å². The Hall–Kier alpha value is -2.78. The number of ether oxygens (including phenoxy) is 2. The second-order valence-electron chi connectivity index (χ2n) is 8.38. The van der Waals surface area contributed by atoms with Crippen molar-refractivity contribution in [2.24, 2.45) is 7.05 Å². The van der Waals surface area contributed by atoms with Crippen LogP contribution in [-0.2, 0) is 18.0 Å². The van der Waals surface area contributed by atoms with Gasteiger partial charge in [0.25, 0.3) is 0 Å². The third-order valence-corrected chi connectivity index (χ3v) is 6.27. The molecular weight excluding hydrogens is 421 g/mol. The van der Waals surface area contributed by atoms with Gasteiger partial charge in [0.15, 0.2) is 0 Å². The Kier molecular flexibility index (Phi) is 5.25. The van der Waals surface area contributed by atoms with E-state index < -0.39 is 12.0 Å². The Labute approximate surface area is 183 Å². The molecule has 170 valence electrons. The number of hydrogen-bond acceptors (Lipinski definition) is 5. The van der Waals surface area contributed by atoms with Crippen LogP contribution in [-0.4, -0.2) is 52.9 Å². The minimum atomic E-state index is -4.53. The maximum atomic E-state index is 13.5. The van der Waals surface area contributed by atoms with Crippen molar-refractivity contribution in [1.82, 2.24) is 14.5 Å². The van der Waals surface area contributed by atoms with Crippen molar-refractivity contribution in [3.63, 3.8) is 0 Å². The van der Waals surface area contributed by atoms with Crippen LogP contribution in [0.1, 0.15) is 24.4 Å². The fourth-order valence-electron chi connectivity index (χ4n) is 4.74. The Bertz CT molecular complexity index is 1130. The van der Waals surface area contributed by atoms with Gasteiger partial charge in [0, 0.05) is 25.7 Å².